The summed E-state index contributed by atoms with van der Waals surface area (Å²) in [5, 5.41) is 9.31. The molecule has 0 radical (unpaired) electrons. The number of nitrogens with one attached hydrogen (secondary N) is 3. The fourth-order valence-electron chi connectivity index (χ4n) is 4.10. The van der Waals surface area contributed by atoms with Crippen molar-refractivity contribution in [2.45, 2.75) is 43.9 Å². The molecule has 1 aromatic rings. The lowest BCUT2D eigenvalue weighted by Gasteiger charge is -2.37. The highest BCUT2D eigenvalue weighted by Gasteiger charge is 2.43. The van der Waals surface area contributed by atoms with E-state index in [1.165, 1.54) is 11.3 Å². The summed E-state index contributed by atoms with van der Waals surface area (Å²) in [4.78, 5) is 28.5. The van der Waals surface area contributed by atoms with Gasteiger partial charge in [0.05, 0.1) is 12.6 Å². The van der Waals surface area contributed by atoms with Gasteiger partial charge in [0.25, 0.3) is 0 Å². The Morgan fingerprint density at radius 3 is 2.79 bits per heavy atom. The molecule has 3 atom stereocenters. The van der Waals surface area contributed by atoms with Gasteiger partial charge in [0.15, 0.2) is 0 Å². The van der Waals surface area contributed by atoms with Gasteiger partial charge in [-0.25, -0.2) is 0 Å². The molecular weight excluding hydrogens is 366 g/mol. The molecule has 3 N–H and O–H groups in total. The van der Waals surface area contributed by atoms with Crippen molar-refractivity contribution < 1.29 is 9.59 Å². The highest BCUT2D eigenvalue weighted by Crippen LogP contribution is 2.26. The first-order valence-corrected chi connectivity index (χ1v) is 10.2. The van der Waals surface area contributed by atoms with Gasteiger partial charge < -0.3 is 20.9 Å². The van der Waals surface area contributed by atoms with Crippen LogP contribution < -0.4 is 20.9 Å². The minimum Gasteiger partial charge on any atom is -0.378 e. The van der Waals surface area contributed by atoms with Crippen molar-refractivity contribution in [1.82, 2.24) is 20.9 Å². The second-order valence-electron chi connectivity index (χ2n) is 8.01. The fraction of sp³-hybridized carbons (Fsp3) is 0.545. The first-order valence-electron chi connectivity index (χ1n) is 10.2. The van der Waals surface area contributed by atoms with E-state index in [1.54, 1.807) is 0 Å². The molecule has 7 heteroatoms. The first kappa shape index (κ1) is 21.2. The summed E-state index contributed by atoms with van der Waals surface area (Å²) in [7, 11) is 4.06. The average molecular weight is 398 g/mol. The summed E-state index contributed by atoms with van der Waals surface area (Å²) in [5.74, 6) is 2.47. The molecule has 1 aromatic carbocycles. The van der Waals surface area contributed by atoms with E-state index >= 15 is 0 Å². The average Bonchev–Trinajstić information content (AvgIpc) is 3.16. The van der Waals surface area contributed by atoms with Crippen molar-refractivity contribution >= 4 is 17.5 Å². The second kappa shape index (κ2) is 9.77. The third kappa shape index (κ3) is 5.49. The number of hydrogen-bond acceptors (Lipinski definition) is 5. The monoisotopic (exact) mass is 397 g/mol. The van der Waals surface area contributed by atoms with Crippen LogP contribution in [0.3, 0.4) is 0 Å². The quantitative estimate of drug-likeness (QED) is 0.551. The molecule has 2 amide bonds. The molecule has 0 aliphatic carbocycles. The molecule has 0 bridgehead atoms. The van der Waals surface area contributed by atoms with E-state index < -0.39 is 0 Å². The molecule has 29 heavy (non-hydrogen) atoms. The van der Waals surface area contributed by atoms with Gasteiger partial charge in [0.2, 0.25) is 11.8 Å². The molecule has 3 rings (SSSR count). The first-order chi connectivity index (χ1) is 14.0. The van der Waals surface area contributed by atoms with Crippen LogP contribution >= 0.6 is 0 Å². The van der Waals surface area contributed by atoms with Crippen LogP contribution in [0.1, 0.15) is 24.8 Å². The number of piperazine rings is 1. The van der Waals surface area contributed by atoms with Crippen LogP contribution in [0.2, 0.25) is 0 Å². The van der Waals surface area contributed by atoms with Gasteiger partial charge >= 0.3 is 0 Å². The van der Waals surface area contributed by atoms with Gasteiger partial charge in [-0.1, -0.05) is 18.1 Å². The topological polar surface area (TPSA) is 76.7 Å². The Kier molecular flexibility index (Phi) is 7.13. The van der Waals surface area contributed by atoms with Gasteiger partial charge in [0.1, 0.15) is 0 Å². The van der Waals surface area contributed by atoms with E-state index in [1.807, 2.05) is 14.1 Å². The predicted molar refractivity (Wildman–Crippen MR) is 114 cm³/mol. The smallest absolute Gasteiger partial charge is 0.237 e. The maximum Gasteiger partial charge on any atom is 0.237 e. The maximum atomic E-state index is 12.3. The Morgan fingerprint density at radius 2 is 2.10 bits per heavy atom. The van der Waals surface area contributed by atoms with Crippen LogP contribution in [0.4, 0.5) is 5.69 Å². The highest BCUT2D eigenvalue weighted by molar-refractivity contribution is 5.83. The summed E-state index contributed by atoms with van der Waals surface area (Å²) in [6.45, 7) is 2.45. The van der Waals surface area contributed by atoms with Gasteiger partial charge in [-0.2, -0.15) is 0 Å². The van der Waals surface area contributed by atoms with Crippen LogP contribution in [-0.4, -0.2) is 68.6 Å². The van der Waals surface area contributed by atoms with Crippen LogP contribution in [0, 0.1) is 12.3 Å². The minimum absolute atomic E-state index is 0.0357. The SMILES string of the molecule is C#CCNC(=O)CCC1CNC(=O)C2CC(NCc3ccc(N(C)C)cc3)CN12. The Bertz CT molecular complexity index is 755. The predicted octanol–water partition coefficient (Wildman–Crippen LogP) is 0.313. The van der Waals surface area contributed by atoms with Crippen molar-refractivity contribution in [2.75, 3.05) is 38.6 Å². The summed E-state index contributed by atoms with van der Waals surface area (Å²) in [6, 6.07) is 8.82. The Balaban J connectivity index is 1.51. The lowest BCUT2D eigenvalue weighted by Crippen LogP contribution is -2.58. The maximum absolute atomic E-state index is 12.3. The van der Waals surface area contributed by atoms with Gasteiger partial charge in [-0.3, -0.25) is 14.5 Å². The van der Waals surface area contributed by atoms with Gasteiger partial charge in [0, 0.05) is 57.9 Å². The number of amides is 2. The molecule has 0 aromatic heterocycles. The lowest BCUT2D eigenvalue weighted by molar-refractivity contribution is -0.129. The highest BCUT2D eigenvalue weighted by atomic mass is 16.2. The van der Waals surface area contributed by atoms with Crippen LogP contribution in [-0.2, 0) is 16.1 Å². The standard InChI is InChI=1S/C22H31N5O2/c1-4-11-23-21(28)10-9-19-14-25-22(29)20-12-17(15-27(19)20)24-13-16-5-7-18(8-6-16)26(2)3/h1,5-8,17,19-20,24H,9-15H2,2-3H3,(H,23,28)(H,25,29). The van der Waals surface area contributed by atoms with E-state index in [4.69, 9.17) is 6.42 Å². The number of nitrogens with zero attached hydrogens (tertiary/aromatic N) is 2. The minimum atomic E-state index is -0.115. The van der Waals surface area contributed by atoms with Crippen molar-refractivity contribution in [3.63, 3.8) is 0 Å². The van der Waals surface area contributed by atoms with Gasteiger partial charge in [-0.15, -0.1) is 6.42 Å². The summed E-state index contributed by atoms with van der Waals surface area (Å²) < 4.78 is 0. The number of carbonyl (C=O) groups excluding carboxylic acids is 2. The number of anilines is 1. The molecule has 2 aliphatic heterocycles. The number of carbonyl (C=O) groups is 2. The van der Waals surface area contributed by atoms with Crippen molar-refractivity contribution in [3.8, 4) is 12.3 Å². The second-order valence-corrected chi connectivity index (χ2v) is 8.01. The number of rotatable bonds is 8. The normalized spacial score (nSPS) is 23.8. The Hall–Kier alpha value is -2.56. The molecule has 0 saturated carbocycles. The fourth-order valence-corrected chi connectivity index (χ4v) is 4.10. The third-order valence-electron chi connectivity index (χ3n) is 5.76. The zero-order chi connectivity index (χ0) is 20.8. The zero-order valence-corrected chi connectivity index (χ0v) is 17.3. The molecule has 2 fully saturated rings. The number of benzene rings is 1. The van der Waals surface area contributed by atoms with Crippen LogP contribution in [0.25, 0.3) is 0 Å². The number of hydrogen-bond donors (Lipinski definition) is 3. The summed E-state index contributed by atoms with van der Waals surface area (Å²) >= 11 is 0. The van der Waals surface area contributed by atoms with Crippen LogP contribution in [0.5, 0.6) is 0 Å². The molecular formula is C22H31N5O2. The van der Waals surface area contributed by atoms with Gasteiger partial charge in [-0.05, 0) is 30.5 Å². The molecule has 0 spiro atoms. The number of terminal acetylenes is 1. The molecule has 7 nitrogen and oxygen atoms in total. The van der Waals surface area contributed by atoms with Crippen molar-refractivity contribution in [2.24, 2.45) is 0 Å². The molecule has 2 aliphatic rings. The summed E-state index contributed by atoms with van der Waals surface area (Å²) in [6.07, 6.45) is 7.10. The largest absolute Gasteiger partial charge is 0.378 e. The van der Waals surface area contributed by atoms with E-state index in [9.17, 15) is 9.59 Å². The van der Waals surface area contributed by atoms with Crippen molar-refractivity contribution in [3.05, 3.63) is 29.8 Å². The summed E-state index contributed by atoms with van der Waals surface area (Å²) in [5.41, 5.74) is 2.41. The Labute approximate surface area is 173 Å². The molecule has 3 unspecified atom stereocenters. The molecule has 2 heterocycles. The molecule has 156 valence electrons. The zero-order valence-electron chi connectivity index (χ0n) is 17.3. The van der Waals surface area contributed by atoms with E-state index in [2.05, 4.69) is 55.9 Å². The Morgan fingerprint density at radius 1 is 1.34 bits per heavy atom. The molecule has 2 saturated heterocycles. The lowest BCUT2D eigenvalue weighted by atomic mass is 10.0. The van der Waals surface area contributed by atoms with Crippen LogP contribution in [0.15, 0.2) is 24.3 Å². The number of fused-ring (bicyclic) bond motifs is 1. The van der Waals surface area contributed by atoms with E-state index in [0.717, 1.165) is 19.5 Å². The van der Waals surface area contributed by atoms with Crippen molar-refractivity contribution in [1.29, 1.82) is 0 Å². The third-order valence-corrected chi connectivity index (χ3v) is 5.76. The van der Waals surface area contributed by atoms with E-state index in [-0.39, 0.29) is 36.5 Å². The van der Waals surface area contributed by atoms with E-state index in [0.29, 0.717) is 19.4 Å².